The molecule has 3 rings (SSSR count). The fourth-order valence-corrected chi connectivity index (χ4v) is 3.52. The molecule has 2 aromatic carbocycles. The van der Waals surface area contributed by atoms with Crippen molar-refractivity contribution in [3.63, 3.8) is 0 Å². The van der Waals surface area contributed by atoms with Crippen molar-refractivity contribution in [3.8, 4) is 10.6 Å². The van der Waals surface area contributed by atoms with E-state index in [0.717, 1.165) is 16.9 Å². The van der Waals surface area contributed by atoms with Gasteiger partial charge in [-0.15, -0.1) is 21.8 Å². The lowest BCUT2D eigenvalue weighted by Crippen LogP contribution is -2.50. The highest BCUT2D eigenvalue weighted by atomic mass is 35.5. The van der Waals surface area contributed by atoms with Gasteiger partial charge in [0.25, 0.3) is 0 Å². The Morgan fingerprint density at radius 2 is 1.77 bits per heavy atom. The van der Waals surface area contributed by atoms with E-state index in [4.69, 9.17) is 11.6 Å². The molecule has 0 saturated heterocycles. The van der Waals surface area contributed by atoms with Gasteiger partial charge in [-0.05, 0) is 43.7 Å². The van der Waals surface area contributed by atoms with Crippen LogP contribution < -0.4 is 10.6 Å². The van der Waals surface area contributed by atoms with Gasteiger partial charge in [0.2, 0.25) is 16.9 Å². The van der Waals surface area contributed by atoms with E-state index in [1.165, 1.54) is 12.1 Å². The van der Waals surface area contributed by atoms with Gasteiger partial charge in [-0.2, -0.15) is 0 Å². The summed E-state index contributed by atoms with van der Waals surface area (Å²) in [5, 5.41) is 14.4. The lowest BCUT2D eigenvalue weighted by atomic mass is 9.94. The monoisotopic (exact) mass is 460 g/mol. The normalized spacial score (nSPS) is 12.3. The molecule has 0 aliphatic heterocycles. The third-order valence-corrected chi connectivity index (χ3v) is 6.16. The highest BCUT2D eigenvalue weighted by molar-refractivity contribution is 7.18. The molecular formula is C22H22ClFN4O2S. The van der Waals surface area contributed by atoms with Crippen LogP contribution in [0, 0.1) is 11.2 Å². The molecule has 0 saturated carbocycles. The van der Waals surface area contributed by atoms with E-state index in [9.17, 15) is 14.0 Å². The van der Waals surface area contributed by atoms with Crippen molar-refractivity contribution in [1.82, 2.24) is 15.5 Å². The van der Waals surface area contributed by atoms with Crippen molar-refractivity contribution < 1.29 is 14.0 Å². The molecule has 1 aromatic heterocycles. The van der Waals surface area contributed by atoms with E-state index in [0.29, 0.717) is 17.0 Å². The number of anilines is 1. The number of alkyl halides is 1. The van der Waals surface area contributed by atoms with Crippen molar-refractivity contribution >= 4 is 39.9 Å². The molecule has 31 heavy (non-hydrogen) atoms. The standard InChI is InChI=1S/C22H22ClFN4O2S/c1-22(2,13-23)20(30)25-17(12-14-6-4-3-5-7-14)18(29)26-21-28-27-19(31-21)15-8-10-16(24)11-9-15/h3-11,17H,12-13H2,1-2H3,(H,25,30)(H,26,28,29)/t17-/m0/s1. The molecule has 9 heteroatoms. The zero-order valence-electron chi connectivity index (χ0n) is 17.1. The molecule has 3 aromatic rings. The third-order valence-electron chi connectivity index (χ3n) is 4.60. The Morgan fingerprint density at radius 3 is 2.42 bits per heavy atom. The second-order valence-electron chi connectivity index (χ2n) is 7.64. The van der Waals surface area contributed by atoms with Gasteiger partial charge in [-0.3, -0.25) is 14.9 Å². The van der Waals surface area contributed by atoms with Crippen LogP contribution in [-0.2, 0) is 16.0 Å². The van der Waals surface area contributed by atoms with Crippen LogP contribution in [0.1, 0.15) is 19.4 Å². The highest BCUT2D eigenvalue weighted by Gasteiger charge is 2.31. The lowest BCUT2D eigenvalue weighted by Gasteiger charge is -2.25. The smallest absolute Gasteiger partial charge is 0.249 e. The summed E-state index contributed by atoms with van der Waals surface area (Å²) < 4.78 is 13.1. The molecule has 0 fully saturated rings. The first-order valence-corrected chi connectivity index (χ1v) is 10.9. The minimum Gasteiger partial charge on any atom is -0.343 e. The van der Waals surface area contributed by atoms with Crippen molar-refractivity contribution in [2.24, 2.45) is 5.41 Å². The Labute approximate surface area is 188 Å². The van der Waals surface area contributed by atoms with E-state index >= 15 is 0 Å². The van der Waals surface area contributed by atoms with Gasteiger partial charge in [0, 0.05) is 17.9 Å². The Bertz CT molecular complexity index is 1040. The van der Waals surface area contributed by atoms with Crippen molar-refractivity contribution in [2.45, 2.75) is 26.3 Å². The summed E-state index contributed by atoms with van der Waals surface area (Å²) in [5.41, 5.74) is 0.767. The van der Waals surface area contributed by atoms with Crippen LogP contribution in [0.3, 0.4) is 0 Å². The van der Waals surface area contributed by atoms with E-state index in [-0.39, 0.29) is 22.7 Å². The second-order valence-corrected chi connectivity index (χ2v) is 8.89. The summed E-state index contributed by atoms with van der Waals surface area (Å²) in [4.78, 5) is 25.6. The molecule has 0 radical (unpaired) electrons. The molecular weight excluding hydrogens is 439 g/mol. The number of halogens is 2. The minimum atomic E-state index is -0.824. The highest BCUT2D eigenvalue weighted by Crippen LogP contribution is 2.26. The number of hydrogen-bond donors (Lipinski definition) is 2. The topological polar surface area (TPSA) is 84.0 Å². The molecule has 1 atom stereocenters. The van der Waals surface area contributed by atoms with E-state index in [1.54, 1.807) is 26.0 Å². The fraction of sp³-hybridized carbons (Fsp3) is 0.273. The van der Waals surface area contributed by atoms with Crippen molar-refractivity contribution in [2.75, 3.05) is 11.2 Å². The van der Waals surface area contributed by atoms with Crippen LogP contribution in [0.15, 0.2) is 54.6 Å². The maximum Gasteiger partial charge on any atom is 0.249 e. The van der Waals surface area contributed by atoms with Crippen LogP contribution in [-0.4, -0.2) is 33.9 Å². The number of hydrogen-bond acceptors (Lipinski definition) is 5. The molecule has 0 aliphatic rings. The third kappa shape index (κ3) is 6.08. The Morgan fingerprint density at radius 1 is 1.10 bits per heavy atom. The number of nitrogens with one attached hydrogen (secondary N) is 2. The molecule has 162 valence electrons. The number of amides is 2. The molecule has 0 aliphatic carbocycles. The van der Waals surface area contributed by atoms with Gasteiger partial charge in [0.05, 0.1) is 5.41 Å². The largest absolute Gasteiger partial charge is 0.343 e. The van der Waals surface area contributed by atoms with Crippen molar-refractivity contribution in [1.29, 1.82) is 0 Å². The van der Waals surface area contributed by atoms with Gasteiger partial charge < -0.3 is 5.32 Å². The minimum absolute atomic E-state index is 0.121. The van der Waals surface area contributed by atoms with Gasteiger partial charge in [0.1, 0.15) is 16.9 Å². The zero-order valence-corrected chi connectivity index (χ0v) is 18.6. The van der Waals surface area contributed by atoms with Crippen LogP contribution >= 0.6 is 22.9 Å². The first-order chi connectivity index (χ1) is 14.8. The fourth-order valence-electron chi connectivity index (χ4n) is 2.65. The average Bonchev–Trinajstić information content (AvgIpc) is 3.22. The van der Waals surface area contributed by atoms with Gasteiger partial charge >= 0.3 is 0 Å². The van der Waals surface area contributed by atoms with Gasteiger partial charge in [-0.25, -0.2) is 4.39 Å². The first-order valence-electron chi connectivity index (χ1n) is 9.59. The van der Waals surface area contributed by atoms with Crippen LogP contribution in [0.2, 0.25) is 0 Å². The van der Waals surface area contributed by atoms with E-state index in [1.807, 2.05) is 30.3 Å². The number of aromatic nitrogens is 2. The van der Waals surface area contributed by atoms with Crippen molar-refractivity contribution in [3.05, 3.63) is 66.0 Å². The molecule has 0 spiro atoms. The summed E-state index contributed by atoms with van der Waals surface area (Å²) in [6.07, 6.45) is 0.306. The maximum absolute atomic E-state index is 13.1. The quantitative estimate of drug-likeness (QED) is 0.491. The average molecular weight is 461 g/mol. The first kappa shape index (κ1) is 22.8. The summed E-state index contributed by atoms with van der Waals surface area (Å²) in [6, 6.07) is 14.4. The summed E-state index contributed by atoms with van der Waals surface area (Å²) in [7, 11) is 0. The number of carbonyl (C=O) groups is 2. The number of nitrogens with zero attached hydrogens (tertiary/aromatic N) is 2. The van der Waals surface area contributed by atoms with Gasteiger partial charge in [-0.1, -0.05) is 41.7 Å². The predicted molar refractivity (Wildman–Crippen MR) is 121 cm³/mol. The Hall–Kier alpha value is -2.84. The lowest BCUT2D eigenvalue weighted by molar-refractivity contribution is -0.131. The summed E-state index contributed by atoms with van der Waals surface area (Å²) in [5.74, 6) is -0.955. The van der Waals surface area contributed by atoms with E-state index < -0.39 is 17.4 Å². The summed E-state index contributed by atoms with van der Waals surface area (Å²) >= 11 is 7.07. The molecule has 1 heterocycles. The zero-order chi connectivity index (χ0) is 22.4. The van der Waals surface area contributed by atoms with Crippen LogP contribution in [0.5, 0.6) is 0 Å². The molecule has 2 amide bonds. The predicted octanol–water partition coefficient (Wildman–Crippen LogP) is 4.28. The molecule has 0 unspecified atom stereocenters. The number of rotatable bonds is 8. The maximum atomic E-state index is 13.1. The molecule has 2 N–H and O–H groups in total. The van der Waals surface area contributed by atoms with E-state index in [2.05, 4.69) is 20.8 Å². The number of carbonyl (C=O) groups excluding carboxylic acids is 2. The summed E-state index contributed by atoms with van der Waals surface area (Å²) in [6.45, 7) is 3.43. The second kappa shape index (κ2) is 9.98. The van der Waals surface area contributed by atoms with Crippen LogP contribution in [0.4, 0.5) is 9.52 Å². The van der Waals surface area contributed by atoms with Gasteiger partial charge in [0.15, 0.2) is 0 Å². The Balaban J connectivity index is 1.76. The number of benzene rings is 2. The SMILES string of the molecule is CC(C)(CCl)C(=O)N[C@@H](Cc1ccccc1)C(=O)Nc1nnc(-c2ccc(F)cc2)s1. The van der Waals surface area contributed by atoms with Crippen LogP contribution in [0.25, 0.3) is 10.6 Å². The Kier molecular flexibility index (Phi) is 7.35. The molecule has 6 nitrogen and oxygen atoms in total. The molecule has 0 bridgehead atoms.